The molecule has 2 aromatic carbocycles. The van der Waals surface area contributed by atoms with E-state index in [1.54, 1.807) is 6.07 Å². The second kappa shape index (κ2) is 9.23. The van der Waals surface area contributed by atoms with E-state index in [9.17, 15) is 10.2 Å². The standard InChI is InChI=1S/C23H29NO2S/c1-27-19-12-8-17(9-13-19)5-3-2-4-16-6-10-18(11-7-16)20-14-15-21(25)22(24)23(20)26/h3,5-7,10-11,14-15,17,19,25-26H,2,4,8-9,12-13,24H2,1H3/b5-3+. The molecule has 4 heteroatoms. The van der Waals surface area contributed by atoms with Gasteiger partial charge in [-0.3, -0.25) is 0 Å². The first-order valence-corrected chi connectivity index (χ1v) is 11.0. The van der Waals surface area contributed by atoms with Crippen LogP contribution in [0.1, 0.15) is 37.7 Å². The number of phenolic OH excluding ortho intramolecular Hbond substituents is 2. The van der Waals surface area contributed by atoms with Crippen LogP contribution < -0.4 is 5.73 Å². The zero-order valence-electron chi connectivity index (χ0n) is 15.9. The van der Waals surface area contributed by atoms with Gasteiger partial charge in [0, 0.05) is 10.8 Å². The Morgan fingerprint density at radius 2 is 1.74 bits per heavy atom. The normalized spacial score (nSPS) is 20.2. The molecule has 1 fully saturated rings. The quantitative estimate of drug-likeness (QED) is 0.337. The topological polar surface area (TPSA) is 66.5 Å². The van der Waals surface area contributed by atoms with Gasteiger partial charge in [-0.2, -0.15) is 11.8 Å². The molecule has 144 valence electrons. The lowest BCUT2D eigenvalue weighted by Crippen LogP contribution is -2.14. The number of aromatic hydroxyl groups is 2. The van der Waals surface area contributed by atoms with Gasteiger partial charge in [-0.25, -0.2) is 0 Å². The minimum atomic E-state index is -0.0957. The zero-order valence-corrected chi connectivity index (χ0v) is 16.7. The fourth-order valence-electron chi connectivity index (χ4n) is 3.74. The van der Waals surface area contributed by atoms with Crippen molar-refractivity contribution in [2.24, 2.45) is 5.92 Å². The van der Waals surface area contributed by atoms with Crippen molar-refractivity contribution in [3.8, 4) is 22.6 Å². The molecule has 0 spiro atoms. The summed E-state index contributed by atoms with van der Waals surface area (Å²) in [6.07, 6.45) is 14.4. The number of benzene rings is 2. The fraction of sp³-hybridized carbons (Fsp3) is 0.391. The molecule has 0 saturated heterocycles. The summed E-state index contributed by atoms with van der Waals surface area (Å²) in [5.41, 5.74) is 8.53. The smallest absolute Gasteiger partial charge is 0.150 e. The van der Waals surface area contributed by atoms with Crippen molar-refractivity contribution < 1.29 is 10.2 Å². The van der Waals surface area contributed by atoms with Crippen LogP contribution in [-0.4, -0.2) is 21.7 Å². The van der Waals surface area contributed by atoms with Crippen LogP contribution in [0.2, 0.25) is 0 Å². The molecular weight excluding hydrogens is 354 g/mol. The number of aryl methyl sites for hydroxylation is 1. The lowest BCUT2D eigenvalue weighted by atomic mass is 9.88. The third kappa shape index (κ3) is 5.01. The SMILES string of the molecule is CSC1CCC(/C=C/CCc2ccc(-c3ccc(O)c(N)c3O)cc2)CC1. The Hall–Kier alpha value is -2.07. The predicted molar refractivity (Wildman–Crippen MR) is 116 cm³/mol. The Balaban J connectivity index is 1.53. The minimum absolute atomic E-state index is 0.0216. The number of anilines is 1. The maximum Gasteiger partial charge on any atom is 0.150 e. The molecule has 0 radical (unpaired) electrons. The van der Waals surface area contributed by atoms with E-state index in [1.807, 2.05) is 23.9 Å². The molecule has 3 nitrogen and oxygen atoms in total. The maximum atomic E-state index is 10.1. The van der Waals surface area contributed by atoms with Gasteiger partial charge in [0.1, 0.15) is 17.2 Å². The maximum absolute atomic E-state index is 10.1. The van der Waals surface area contributed by atoms with Crippen LogP contribution in [-0.2, 0) is 6.42 Å². The van der Waals surface area contributed by atoms with Gasteiger partial charge < -0.3 is 15.9 Å². The highest BCUT2D eigenvalue weighted by Gasteiger charge is 2.18. The number of hydrogen-bond donors (Lipinski definition) is 3. The van der Waals surface area contributed by atoms with E-state index < -0.39 is 0 Å². The summed E-state index contributed by atoms with van der Waals surface area (Å²) in [6.45, 7) is 0. The number of rotatable bonds is 6. The van der Waals surface area contributed by atoms with E-state index in [-0.39, 0.29) is 17.2 Å². The highest BCUT2D eigenvalue weighted by atomic mass is 32.2. The molecule has 0 bridgehead atoms. The van der Waals surface area contributed by atoms with Crippen molar-refractivity contribution in [3.05, 3.63) is 54.1 Å². The largest absolute Gasteiger partial charge is 0.506 e. The monoisotopic (exact) mass is 383 g/mol. The Labute approximate surface area is 166 Å². The van der Waals surface area contributed by atoms with E-state index in [0.717, 1.165) is 29.6 Å². The minimum Gasteiger partial charge on any atom is -0.506 e. The van der Waals surface area contributed by atoms with Gasteiger partial charge in [-0.1, -0.05) is 36.4 Å². The molecule has 1 aliphatic carbocycles. The summed E-state index contributed by atoms with van der Waals surface area (Å²) in [6, 6.07) is 11.4. The van der Waals surface area contributed by atoms with Gasteiger partial charge in [0.05, 0.1) is 0 Å². The van der Waals surface area contributed by atoms with E-state index in [1.165, 1.54) is 37.3 Å². The molecular formula is C23H29NO2S. The van der Waals surface area contributed by atoms with Crippen LogP contribution in [0.25, 0.3) is 11.1 Å². The molecule has 3 rings (SSSR count). The number of nitrogens with two attached hydrogens (primary N) is 1. The predicted octanol–water partition coefficient (Wildman–Crippen LogP) is 5.76. The third-order valence-corrected chi connectivity index (χ3v) is 6.66. The lowest BCUT2D eigenvalue weighted by Gasteiger charge is -2.25. The fourth-order valence-corrected chi connectivity index (χ4v) is 4.48. The average Bonchev–Trinajstić information content (AvgIpc) is 2.71. The van der Waals surface area contributed by atoms with Crippen LogP contribution in [0, 0.1) is 5.92 Å². The van der Waals surface area contributed by atoms with Crippen molar-refractivity contribution in [3.63, 3.8) is 0 Å². The zero-order chi connectivity index (χ0) is 19.2. The van der Waals surface area contributed by atoms with E-state index in [4.69, 9.17) is 5.73 Å². The number of phenols is 2. The highest BCUT2D eigenvalue weighted by molar-refractivity contribution is 7.99. The lowest BCUT2D eigenvalue weighted by molar-refractivity contribution is 0.428. The summed E-state index contributed by atoms with van der Waals surface area (Å²) < 4.78 is 0. The first-order chi connectivity index (χ1) is 13.1. The Kier molecular flexibility index (Phi) is 6.73. The molecule has 27 heavy (non-hydrogen) atoms. The average molecular weight is 384 g/mol. The summed E-state index contributed by atoms with van der Waals surface area (Å²) in [5, 5.41) is 20.6. The van der Waals surface area contributed by atoms with Crippen molar-refractivity contribution in [2.75, 3.05) is 12.0 Å². The number of thioether (sulfide) groups is 1. The van der Waals surface area contributed by atoms with Crippen molar-refractivity contribution in [1.82, 2.24) is 0 Å². The molecule has 0 atom stereocenters. The number of allylic oxidation sites excluding steroid dienone is 2. The van der Waals surface area contributed by atoms with E-state index >= 15 is 0 Å². The molecule has 0 amide bonds. The number of nitrogen functional groups attached to an aromatic ring is 1. The summed E-state index contributed by atoms with van der Waals surface area (Å²) in [4.78, 5) is 0. The van der Waals surface area contributed by atoms with Crippen LogP contribution in [0.15, 0.2) is 48.6 Å². The van der Waals surface area contributed by atoms with E-state index in [2.05, 4.69) is 30.5 Å². The van der Waals surface area contributed by atoms with Gasteiger partial charge in [0.25, 0.3) is 0 Å². The molecule has 0 aromatic heterocycles. The van der Waals surface area contributed by atoms with Crippen LogP contribution >= 0.6 is 11.8 Å². The summed E-state index contributed by atoms with van der Waals surface area (Å²) in [5.74, 6) is 0.599. The molecule has 1 aliphatic rings. The van der Waals surface area contributed by atoms with E-state index in [0.29, 0.717) is 5.56 Å². The Morgan fingerprint density at radius 1 is 1.04 bits per heavy atom. The summed E-state index contributed by atoms with van der Waals surface area (Å²) in [7, 11) is 0. The Morgan fingerprint density at radius 3 is 2.41 bits per heavy atom. The summed E-state index contributed by atoms with van der Waals surface area (Å²) >= 11 is 2.02. The van der Waals surface area contributed by atoms with Gasteiger partial charge in [-0.15, -0.1) is 0 Å². The second-order valence-corrected chi connectivity index (χ2v) is 8.47. The Bertz CT molecular complexity index is 778. The highest BCUT2D eigenvalue weighted by Crippen LogP contribution is 2.39. The van der Waals surface area contributed by atoms with Gasteiger partial charge >= 0.3 is 0 Å². The molecule has 2 aromatic rings. The first kappa shape index (κ1) is 19.7. The van der Waals surface area contributed by atoms with Crippen molar-refractivity contribution in [1.29, 1.82) is 0 Å². The third-order valence-electron chi connectivity index (χ3n) is 5.52. The van der Waals surface area contributed by atoms with Crippen LogP contribution in [0.4, 0.5) is 5.69 Å². The van der Waals surface area contributed by atoms with Gasteiger partial charge in [0.2, 0.25) is 0 Å². The first-order valence-electron chi connectivity index (χ1n) is 9.67. The molecule has 4 N–H and O–H groups in total. The van der Waals surface area contributed by atoms with Gasteiger partial charge in [-0.05, 0) is 74.0 Å². The molecule has 1 saturated carbocycles. The number of hydrogen-bond acceptors (Lipinski definition) is 4. The van der Waals surface area contributed by atoms with Gasteiger partial charge in [0.15, 0.2) is 0 Å². The van der Waals surface area contributed by atoms with Crippen LogP contribution in [0.5, 0.6) is 11.5 Å². The molecule has 0 aliphatic heterocycles. The second-order valence-electron chi connectivity index (χ2n) is 7.33. The van der Waals surface area contributed by atoms with Crippen molar-refractivity contribution >= 4 is 17.4 Å². The van der Waals surface area contributed by atoms with Crippen molar-refractivity contribution in [2.45, 2.75) is 43.8 Å². The molecule has 0 unspecified atom stereocenters. The molecule has 0 heterocycles. The van der Waals surface area contributed by atoms with Crippen LogP contribution in [0.3, 0.4) is 0 Å².